The second-order valence-corrected chi connectivity index (χ2v) is 8.63. The number of rotatable bonds is 10. The smallest absolute Gasteiger partial charge is 0.201 e. The Morgan fingerprint density at radius 1 is 0.867 bits per heavy atom. The van der Waals surface area contributed by atoms with Crippen molar-refractivity contribution in [2.45, 2.75) is 77.6 Å². The highest BCUT2D eigenvalue weighted by atomic mass is 19.2. The number of hydrogen-bond donors (Lipinski definition) is 0. The van der Waals surface area contributed by atoms with Crippen molar-refractivity contribution < 1.29 is 13.5 Å². The van der Waals surface area contributed by atoms with Gasteiger partial charge in [0.25, 0.3) is 0 Å². The molecule has 1 aromatic carbocycles. The predicted molar refractivity (Wildman–Crippen MR) is 116 cm³/mol. The van der Waals surface area contributed by atoms with E-state index in [2.05, 4.69) is 17.1 Å². The van der Waals surface area contributed by atoms with Crippen LogP contribution in [0.1, 0.15) is 76.8 Å². The molecule has 2 aromatic rings. The molecule has 1 saturated carbocycles. The Kier molecular flexibility index (Phi) is 8.59. The molecular weight excluding hydrogens is 382 g/mol. The number of aromatic nitrogens is 2. The van der Waals surface area contributed by atoms with E-state index in [0.717, 1.165) is 30.4 Å². The summed E-state index contributed by atoms with van der Waals surface area (Å²) in [6, 6.07) is 6.48. The van der Waals surface area contributed by atoms with Crippen molar-refractivity contribution in [2.24, 2.45) is 11.8 Å². The normalized spacial score (nSPS) is 19.1. The van der Waals surface area contributed by atoms with E-state index in [1.165, 1.54) is 77.0 Å². The molecule has 1 aliphatic carbocycles. The molecule has 0 saturated heterocycles. The lowest BCUT2D eigenvalue weighted by atomic mass is 9.78. The predicted octanol–water partition coefficient (Wildman–Crippen LogP) is 7.14. The van der Waals surface area contributed by atoms with Crippen LogP contribution in [0, 0.1) is 23.5 Å². The lowest BCUT2D eigenvalue weighted by Crippen LogP contribution is -2.15. The van der Waals surface area contributed by atoms with E-state index < -0.39 is 11.6 Å². The minimum absolute atomic E-state index is 0.101. The van der Waals surface area contributed by atoms with Gasteiger partial charge in [-0.15, -0.1) is 0 Å². The molecule has 3 rings (SSSR count). The largest absolute Gasteiger partial charge is 0.494 e. The minimum Gasteiger partial charge on any atom is -0.494 e. The van der Waals surface area contributed by atoms with Gasteiger partial charge in [0.1, 0.15) is 0 Å². The van der Waals surface area contributed by atoms with Crippen molar-refractivity contribution in [2.75, 3.05) is 7.11 Å². The summed E-state index contributed by atoms with van der Waals surface area (Å²) in [5, 5.41) is 8.39. The number of hydrogen-bond acceptors (Lipinski definition) is 3. The molecular formula is C25H34F2N2O. The number of halogens is 2. The van der Waals surface area contributed by atoms with Crippen molar-refractivity contribution >= 4 is 0 Å². The van der Waals surface area contributed by atoms with Crippen LogP contribution in [-0.4, -0.2) is 17.3 Å². The Morgan fingerprint density at radius 2 is 1.60 bits per heavy atom. The van der Waals surface area contributed by atoms with Gasteiger partial charge < -0.3 is 4.74 Å². The monoisotopic (exact) mass is 416 g/mol. The van der Waals surface area contributed by atoms with E-state index in [0.29, 0.717) is 5.69 Å². The number of ether oxygens (including phenoxy) is 1. The van der Waals surface area contributed by atoms with Crippen molar-refractivity contribution in [3.63, 3.8) is 0 Å². The fraction of sp³-hybridized carbons (Fsp3) is 0.600. The zero-order valence-corrected chi connectivity index (χ0v) is 18.3. The van der Waals surface area contributed by atoms with E-state index in [-0.39, 0.29) is 11.3 Å². The Bertz CT molecular complexity index is 786. The standard InChI is InChI=1S/C25H34F2N2O/c1-3-4-5-6-7-18-8-10-19(11-9-18)12-13-20-14-16-22(29-28-20)21-15-17-23(30-2)25(27)24(21)26/h14-19H,3-13H2,1-2H3. The third-order valence-corrected chi connectivity index (χ3v) is 6.50. The second kappa shape index (κ2) is 11.4. The Labute approximate surface area is 179 Å². The van der Waals surface area contributed by atoms with Crippen LogP contribution in [0.15, 0.2) is 24.3 Å². The maximum Gasteiger partial charge on any atom is 0.201 e. The SMILES string of the molecule is CCCCCCC1CCC(CCc2ccc(-c3ccc(OC)c(F)c3F)nn2)CC1. The highest BCUT2D eigenvalue weighted by Gasteiger charge is 2.21. The molecule has 1 aromatic heterocycles. The van der Waals surface area contributed by atoms with Crippen LogP contribution in [0.4, 0.5) is 8.78 Å². The van der Waals surface area contributed by atoms with Crippen LogP contribution in [0.3, 0.4) is 0 Å². The molecule has 0 aliphatic heterocycles. The molecule has 5 heteroatoms. The molecule has 164 valence electrons. The van der Waals surface area contributed by atoms with Crippen molar-refractivity contribution in [3.8, 4) is 17.0 Å². The molecule has 0 radical (unpaired) electrons. The third-order valence-electron chi connectivity index (χ3n) is 6.50. The fourth-order valence-corrected chi connectivity index (χ4v) is 4.54. The van der Waals surface area contributed by atoms with Crippen LogP contribution in [0.25, 0.3) is 11.3 Å². The lowest BCUT2D eigenvalue weighted by Gasteiger charge is -2.28. The van der Waals surface area contributed by atoms with Gasteiger partial charge in [-0.05, 0) is 48.9 Å². The number of methoxy groups -OCH3 is 1. The van der Waals surface area contributed by atoms with Gasteiger partial charge in [0, 0.05) is 5.56 Å². The molecule has 0 amide bonds. The molecule has 0 spiro atoms. The van der Waals surface area contributed by atoms with Crippen LogP contribution in [-0.2, 0) is 6.42 Å². The van der Waals surface area contributed by atoms with E-state index >= 15 is 0 Å². The van der Waals surface area contributed by atoms with Crippen molar-refractivity contribution in [1.82, 2.24) is 10.2 Å². The number of unbranched alkanes of at least 4 members (excludes halogenated alkanes) is 3. The van der Waals surface area contributed by atoms with Crippen molar-refractivity contribution in [1.29, 1.82) is 0 Å². The highest BCUT2D eigenvalue weighted by Crippen LogP contribution is 2.34. The summed E-state index contributed by atoms with van der Waals surface area (Å²) < 4.78 is 33.0. The first kappa shape index (κ1) is 22.6. The number of benzene rings is 1. The van der Waals surface area contributed by atoms with E-state index in [1.54, 1.807) is 6.07 Å². The summed E-state index contributed by atoms with van der Waals surface area (Å²) in [5.74, 6) is -0.371. The molecule has 0 unspecified atom stereocenters. The molecule has 1 heterocycles. The molecule has 0 atom stereocenters. The first-order valence-corrected chi connectivity index (χ1v) is 11.5. The molecule has 1 fully saturated rings. The summed E-state index contributed by atoms with van der Waals surface area (Å²) in [6.07, 6.45) is 14.2. The lowest BCUT2D eigenvalue weighted by molar-refractivity contribution is 0.248. The van der Waals surface area contributed by atoms with Gasteiger partial charge in [0.05, 0.1) is 18.5 Å². The molecule has 1 aliphatic rings. The average molecular weight is 417 g/mol. The highest BCUT2D eigenvalue weighted by molar-refractivity contribution is 5.61. The number of aryl methyl sites for hydroxylation is 1. The first-order chi connectivity index (χ1) is 14.6. The minimum atomic E-state index is -0.998. The Balaban J connectivity index is 1.46. The van der Waals surface area contributed by atoms with Crippen molar-refractivity contribution in [3.05, 3.63) is 41.6 Å². The summed E-state index contributed by atoms with van der Waals surface area (Å²) in [7, 11) is 1.31. The fourth-order valence-electron chi connectivity index (χ4n) is 4.54. The van der Waals surface area contributed by atoms with Gasteiger partial charge in [0.15, 0.2) is 11.6 Å². The molecule has 0 bridgehead atoms. The summed E-state index contributed by atoms with van der Waals surface area (Å²) in [5.41, 5.74) is 1.35. The van der Waals surface area contributed by atoms with Gasteiger partial charge in [0.2, 0.25) is 5.82 Å². The maximum absolute atomic E-state index is 14.3. The maximum atomic E-state index is 14.3. The Hall–Kier alpha value is -2.04. The molecule has 3 nitrogen and oxygen atoms in total. The van der Waals surface area contributed by atoms with Gasteiger partial charge >= 0.3 is 0 Å². The average Bonchev–Trinajstić information content (AvgIpc) is 2.78. The zero-order chi connectivity index (χ0) is 21.3. The van der Waals surface area contributed by atoms with E-state index in [4.69, 9.17) is 4.74 Å². The van der Waals surface area contributed by atoms with Crippen LogP contribution >= 0.6 is 0 Å². The van der Waals surface area contributed by atoms with Gasteiger partial charge in [-0.1, -0.05) is 64.7 Å². The molecule has 30 heavy (non-hydrogen) atoms. The van der Waals surface area contributed by atoms with E-state index in [9.17, 15) is 8.78 Å². The zero-order valence-electron chi connectivity index (χ0n) is 18.3. The molecule has 0 N–H and O–H groups in total. The topological polar surface area (TPSA) is 35.0 Å². The summed E-state index contributed by atoms with van der Waals surface area (Å²) in [6.45, 7) is 2.26. The summed E-state index contributed by atoms with van der Waals surface area (Å²) in [4.78, 5) is 0. The van der Waals surface area contributed by atoms with Crippen LogP contribution < -0.4 is 4.74 Å². The first-order valence-electron chi connectivity index (χ1n) is 11.5. The van der Waals surface area contributed by atoms with E-state index in [1.807, 2.05) is 6.07 Å². The van der Waals surface area contributed by atoms with Crippen LogP contribution in [0.5, 0.6) is 5.75 Å². The number of nitrogens with zero attached hydrogens (tertiary/aromatic N) is 2. The third kappa shape index (κ3) is 5.99. The Morgan fingerprint density at radius 3 is 2.23 bits per heavy atom. The summed E-state index contributed by atoms with van der Waals surface area (Å²) >= 11 is 0. The van der Waals surface area contributed by atoms with Gasteiger partial charge in [-0.25, -0.2) is 4.39 Å². The quantitative estimate of drug-likeness (QED) is 0.386. The van der Waals surface area contributed by atoms with Gasteiger partial charge in [-0.3, -0.25) is 0 Å². The second-order valence-electron chi connectivity index (χ2n) is 8.63. The van der Waals surface area contributed by atoms with Gasteiger partial charge in [-0.2, -0.15) is 14.6 Å². The van der Waals surface area contributed by atoms with Crippen LogP contribution in [0.2, 0.25) is 0 Å².